The zero-order valence-corrected chi connectivity index (χ0v) is 7.63. The molecule has 0 amide bonds. The Balaban J connectivity index is 2.94. The molecule has 66 valence electrons. The Bertz CT molecular complexity index is 261. The number of nitrogens with zero attached hydrogens (tertiary/aromatic N) is 1. The molecule has 0 radical (unpaired) electrons. The molecule has 1 aromatic rings. The Hall–Kier alpha value is -1.25. The van der Waals surface area contributed by atoms with Gasteiger partial charge in [0.2, 0.25) is 0 Å². The molecule has 0 atom stereocenters. The fraction of sp³-hybridized carbons (Fsp3) is 0.444. The first-order chi connectivity index (χ1) is 5.77. The van der Waals surface area contributed by atoms with E-state index in [0.717, 1.165) is 5.69 Å². The van der Waals surface area contributed by atoms with Crippen LogP contribution in [0.2, 0.25) is 0 Å². The largest absolute Gasteiger partial charge is 0.488 e. The molecule has 0 spiro atoms. The molecule has 1 heterocycles. The number of hydrogen-bond donors (Lipinski definition) is 0. The van der Waals surface area contributed by atoms with Gasteiger partial charge in [0, 0.05) is 5.69 Å². The number of aromatic nitrogens is 1. The molecule has 0 aliphatic rings. The van der Waals surface area contributed by atoms with E-state index in [1.165, 1.54) is 0 Å². The van der Waals surface area contributed by atoms with E-state index in [0.29, 0.717) is 18.2 Å². The first-order valence-corrected chi connectivity index (χ1v) is 3.92. The van der Waals surface area contributed by atoms with Gasteiger partial charge in [0.1, 0.15) is 0 Å². The lowest BCUT2D eigenvalue weighted by atomic mass is 10.3. The summed E-state index contributed by atoms with van der Waals surface area (Å²) in [6, 6.07) is 3.76. The molecule has 1 aromatic heterocycles. The summed E-state index contributed by atoms with van der Waals surface area (Å²) >= 11 is 0. The fourth-order valence-corrected chi connectivity index (χ4v) is 0.932. The summed E-state index contributed by atoms with van der Waals surface area (Å²) in [6.07, 6.45) is 0. The van der Waals surface area contributed by atoms with Crippen molar-refractivity contribution >= 4 is 0 Å². The van der Waals surface area contributed by atoms with E-state index in [1.54, 1.807) is 7.11 Å². The Morgan fingerprint density at radius 2 is 2.17 bits per heavy atom. The van der Waals surface area contributed by atoms with Crippen molar-refractivity contribution in [1.82, 2.24) is 4.98 Å². The third kappa shape index (κ3) is 1.87. The molecule has 1 rings (SSSR count). The van der Waals surface area contributed by atoms with Crippen LogP contribution in [-0.2, 0) is 0 Å². The third-order valence-corrected chi connectivity index (χ3v) is 1.46. The van der Waals surface area contributed by atoms with Crippen LogP contribution in [0.4, 0.5) is 0 Å². The number of hydrogen-bond acceptors (Lipinski definition) is 3. The molecule has 3 nitrogen and oxygen atoms in total. The molecule has 0 saturated heterocycles. The van der Waals surface area contributed by atoms with Crippen molar-refractivity contribution in [2.45, 2.75) is 13.8 Å². The van der Waals surface area contributed by atoms with Crippen LogP contribution in [0.5, 0.6) is 11.6 Å². The SMILES string of the molecule is CCOc1ccc(C)nc1OC. The highest BCUT2D eigenvalue weighted by Gasteiger charge is 2.03. The van der Waals surface area contributed by atoms with E-state index in [9.17, 15) is 0 Å². The van der Waals surface area contributed by atoms with Gasteiger partial charge in [-0.2, -0.15) is 0 Å². The first-order valence-electron chi connectivity index (χ1n) is 3.92. The highest BCUT2D eigenvalue weighted by Crippen LogP contribution is 2.23. The van der Waals surface area contributed by atoms with Crippen LogP contribution < -0.4 is 9.47 Å². The number of rotatable bonds is 3. The van der Waals surface area contributed by atoms with Gasteiger partial charge < -0.3 is 9.47 Å². The highest BCUT2D eigenvalue weighted by molar-refractivity contribution is 5.34. The van der Waals surface area contributed by atoms with Crippen molar-refractivity contribution in [2.75, 3.05) is 13.7 Å². The van der Waals surface area contributed by atoms with Crippen molar-refractivity contribution in [3.63, 3.8) is 0 Å². The third-order valence-electron chi connectivity index (χ3n) is 1.46. The number of pyridine rings is 1. The minimum Gasteiger partial charge on any atom is -0.488 e. The Morgan fingerprint density at radius 3 is 2.75 bits per heavy atom. The number of aryl methyl sites for hydroxylation is 1. The summed E-state index contributed by atoms with van der Waals surface area (Å²) < 4.78 is 10.3. The van der Waals surface area contributed by atoms with E-state index in [2.05, 4.69) is 4.98 Å². The van der Waals surface area contributed by atoms with Gasteiger partial charge in [-0.25, -0.2) is 4.98 Å². The van der Waals surface area contributed by atoms with Gasteiger partial charge in [-0.05, 0) is 26.0 Å². The van der Waals surface area contributed by atoms with Crippen LogP contribution in [0.25, 0.3) is 0 Å². The Labute approximate surface area is 72.3 Å². The van der Waals surface area contributed by atoms with Crippen LogP contribution in [0, 0.1) is 6.92 Å². The fourth-order valence-electron chi connectivity index (χ4n) is 0.932. The van der Waals surface area contributed by atoms with E-state index in [4.69, 9.17) is 9.47 Å². The zero-order chi connectivity index (χ0) is 8.97. The Morgan fingerprint density at radius 1 is 1.42 bits per heavy atom. The first kappa shape index (κ1) is 8.84. The summed E-state index contributed by atoms with van der Waals surface area (Å²) in [6.45, 7) is 4.47. The quantitative estimate of drug-likeness (QED) is 0.687. The van der Waals surface area contributed by atoms with Gasteiger partial charge in [0.15, 0.2) is 5.75 Å². The van der Waals surface area contributed by atoms with Crippen molar-refractivity contribution < 1.29 is 9.47 Å². The molecule has 0 aliphatic heterocycles. The van der Waals surface area contributed by atoms with Crippen LogP contribution in [0.1, 0.15) is 12.6 Å². The number of methoxy groups -OCH3 is 1. The van der Waals surface area contributed by atoms with Crippen LogP contribution in [-0.4, -0.2) is 18.7 Å². The van der Waals surface area contributed by atoms with Crippen LogP contribution in [0.3, 0.4) is 0 Å². The topological polar surface area (TPSA) is 31.4 Å². The second kappa shape index (κ2) is 3.95. The summed E-state index contributed by atoms with van der Waals surface area (Å²) in [5.74, 6) is 1.25. The van der Waals surface area contributed by atoms with E-state index < -0.39 is 0 Å². The van der Waals surface area contributed by atoms with Crippen LogP contribution in [0.15, 0.2) is 12.1 Å². The molecular formula is C9H13NO2. The standard InChI is InChI=1S/C9H13NO2/c1-4-12-8-6-5-7(2)10-9(8)11-3/h5-6H,4H2,1-3H3. The van der Waals surface area contributed by atoms with Gasteiger partial charge in [0.05, 0.1) is 13.7 Å². The molecule has 0 unspecified atom stereocenters. The van der Waals surface area contributed by atoms with Gasteiger partial charge in [0.25, 0.3) is 5.88 Å². The summed E-state index contributed by atoms with van der Waals surface area (Å²) in [7, 11) is 1.59. The molecule has 0 bridgehead atoms. The highest BCUT2D eigenvalue weighted by atomic mass is 16.5. The van der Waals surface area contributed by atoms with E-state index in [1.807, 2.05) is 26.0 Å². The van der Waals surface area contributed by atoms with E-state index >= 15 is 0 Å². The van der Waals surface area contributed by atoms with Crippen molar-refractivity contribution in [2.24, 2.45) is 0 Å². The minimum atomic E-state index is 0.553. The average Bonchev–Trinajstić information content (AvgIpc) is 2.08. The molecule has 0 saturated carbocycles. The number of ether oxygens (including phenoxy) is 2. The zero-order valence-electron chi connectivity index (χ0n) is 7.63. The minimum absolute atomic E-state index is 0.553. The monoisotopic (exact) mass is 167 g/mol. The van der Waals surface area contributed by atoms with Gasteiger partial charge in [-0.1, -0.05) is 0 Å². The second-order valence-corrected chi connectivity index (χ2v) is 2.39. The summed E-state index contributed by atoms with van der Waals surface area (Å²) in [4.78, 5) is 4.16. The summed E-state index contributed by atoms with van der Waals surface area (Å²) in [5.41, 5.74) is 0.926. The maximum absolute atomic E-state index is 5.30. The molecule has 0 fully saturated rings. The van der Waals surface area contributed by atoms with Crippen molar-refractivity contribution in [3.05, 3.63) is 17.8 Å². The lowest BCUT2D eigenvalue weighted by Crippen LogP contribution is -1.97. The second-order valence-electron chi connectivity index (χ2n) is 2.39. The Kier molecular flexibility index (Phi) is 2.91. The summed E-state index contributed by atoms with van der Waals surface area (Å²) in [5, 5.41) is 0. The molecule has 3 heteroatoms. The maximum Gasteiger partial charge on any atom is 0.256 e. The molecule has 0 aromatic carbocycles. The predicted octanol–water partition coefficient (Wildman–Crippen LogP) is 1.80. The van der Waals surface area contributed by atoms with Gasteiger partial charge >= 0.3 is 0 Å². The van der Waals surface area contributed by atoms with E-state index in [-0.39, 0.29) is 0 Å². The average molecular weight is 167 g/mol. The van der Waals surface area contributed by atoms with Gasteiger partial charge in [-0.15, -0.1) is 0 Å². The lowest BCUT2D eigenvalue weighted by Gasteiger charge is -2.07. The van der Waals surface area contributed by atoms with Crippen LogP contribution >= 0.6 is 0 Å². The molecule has 12 heavy (non-hydrogen) atoms. The lowest BCUT2D eigenvalue weighted by molar-refractivity contribution is 0.303. The molecule has 0 aliphatic carbocycles. The molecular weight excluding hydrogens is 154 g/mol. The maximum atomic E-state index is 5.30. The molecule has 0 N–H and O–H groups in total. The van der Waals surface area contributed by atoms with Gasteiger partial charge in [-0.3, -0.25) is 0 Å². The van der Waals surface area contributed by atoms with Crippen molar-refractivity contribution in [3.8, 4) is 11.6 Å². The predicted molar refractivity (Wildman–Crippen MR) is 46.7 cm³/mol. The normalized spacial score (nSPS) is 9.58. The smallest absolute Gasteiger partial charge is 0.256 e. The van der Waals surface area contributed by atoms with Crippen molar-refractivity contribution in [1.29, 1.82) is 0 Å².